The monoisotopic (exact) mass is 254 g/mol. The maximum Gasteiger partial charge on any atom is 0.150 e. The maximum absolute atomic E-state index is 10.4. The maximum atomic E-state index is 10.4. The first kappa shape index (κ1) is 11.0. The van der Waals surface area contributed by atoms with Crippen LogP contribution in [0.5, 0.6) is 5.75 Å². The van der Waals surface area contributed by atoms with E-state index in [-0.39, 0.29) is 0 Å². The number of halogens is 1. The van der Waals surface area contributed by atoms with E-state index in [4.69, 9.17) is 4.74 Å². The zero-order valence-electron chi connectivity index (χ0n) is 7.65. The number of alkyl halides is 1. The topological polar surface area (TPSA) is 26.3 Å². The molecule has 74 valence electrons. The lowest BCUT2D eigenvalue weighted by molar-refractivity contribution is 0.112. The van der Waals surface area contributed by atoms with Gasteiger partial charge in [-0.2, -0.15) is 0 Å². The molecule has 0 spiro atoms. The van der Waals surface area contributed by atoms with Gasteiger partial charge in [0.2, 0.25) is 0 Å². The van der Waals surface area contributed by atoms with Gasteiger partial charge in [-0.25, -0.2) is 0 Å². The van der Waals surface area contributed by atoms with Crippen molar-refractivity contribution in [2.75, 3.05) is 11.9 Å². The number of carbonyl (C=O) groups excluding carboxylic acids is 1. The van der Waals surface area contributed by atoms with Gasteiger partial charge in [0, 0.05) is 10.9 Å². The van der Waals surface area contributed by atoms with Crippen molar-refractivity contribution in [3.05, 3.63) is 42.0 Å². The molecule has 0 aliphatic carbocycles. The molecule has 1 aromatic rings. The zero-order chi connectivity index (χ0) is 10.2. The average Bonchev–Trinajstić information content (AvgIpc) is 2.25. The Hall–Kier alpha value is -1.09. The Balaban J connectivity index is 2.43. The second kappa shape index (κ2) is 6.38. The molecule has 0 fully saturated rings. The quantitative estimate of drug-likeness (QED) is 0.459. The lowest BCUT2D eigenvalue weighted by Crippen LogP contribution is -1.93. The summed E-state index contributed by atoms with van der Waals surface area (Å²) in [5, 5.41) is 0.834. The summed E-state index contributed by atoms with van der Waals surface area (Å²) in [4.78, 5) is 10.4. The lowest BCUT2D eigenvalue weighted by atomic mass is 10.2. The van der Waals surface area contributed by atoms with E-state index in [1.807, 2.05) is 12.2 Å². The van der Waals surface area contributed by atoms with Crippen molar-refractivity contribution in [3.63, 3.8) is 0 Å². The van der Waals surface area contributed by atoms with Crippen LogP contribution in [0, 0.1) is 0 Å². The Morgan fingerprint density at radius 1 is 1.21 bits per heavy atom. The first-order valence-corrected chi connectivity index (χ1v) is 5.38. The third-order valence-electron chi connectivity index (χ3n) is 1.62. The number of allylic oxidation sites excluding steroid dienone is 1. The van der Waals surface area contributed by atoms with E-state index in [1.54, 1.807) is 24.3 Å². The van der Waals surface area contributed by atoms with Crippen molar-refractivity contribution in [1.82, 2.24) is 0 Å². The highest BCUT2D eigenvalue weighted by atomic mass is 79.9. The number of aldehydes is 1. The van der Waals surface area contributed by atoms with Gasteiger partial charge in [0.1, 0.15) is 18.6 Å². The Morgan fingerprint density at radius 3 is 2.50 bits per heavy atom. The molecule has 0 N–H and O–H groups in total. The second-order valence-electron chi connectivity index (χ2n) is 2.62. The van der Waals surface area contributed by atoms with Crippen LogP contribution in [0.1, 0.15) is 10.4 Å². The van der Waals surface area contributed by atoms with Crippen LogP contribution < -0.4 is 4.74 Å². The van der Waals surface area contributed by atoms with Crippen LogP contribution >= 0.6 is 15.9 Å². The number of carbonyl (C=O) groups is 1. The Labute approximate surface area is 91.7 Å². The summed E-state index contributed by atoms with van der Waals surface area (Å²) in [6.07, 6.45) is 4.72. The van der Waals surface area contributed by atoms with Crippen molar-refractivity contribution in [1.29, 1.82) is 0 Å². The summed E-state index contributed by atoms with van der Waals surface area (Å²) in [6.45, 7) is 0.548. The summed E-state index contributed by atoms with van der Waals surface area (Å²) in [5.74, 6) is 0.773. The van der Waals surface area contributed by atoms with Crippen molar-refractivity contribution in [3.8, 4) is 5.75 Å². The van der Waals surface area contributed by atoms with Gasteiger partial charge in [0.05, 0.1) is 0 Å². The van der Waals surface area contributed by atoms with E-state index in [9.17, 15) is 4.79 Å². The third-order valence-corrected chi connectivity index (χ3v) is 1.99. The molecule has 0 radical (unpaired) electrons. The number of hydrogen-bond donors (Lipinski definition) is 0. The minimum atomic E-state index is 0.548. The van der Waals surface area contributed by atoms with Crippen LogP contribution in [-0.4, -0.2) is 18.2 Å². The van der Waals surface area contributed by atoms with Crippen molar-refractivity contribution in [2.45, 2.75) is 0 Å². The molecular formula is C11H11BrO2. The molecule has 0 saturated carbocycles. The third kappa shape index (κ3) is 3.75. The van der Waals surface area contributed by atoms with Crippen LogP contribution in [0.3, 0.4) is 0 Å². The number of rotatable bonds is 5. The molecule has 2 nitrogen and oxygen atoms in total. The van der Waals surface area contributed by atoms with E-state index < -0.39 is 0 Å². The summed E-state index contributed by atoms with van der Waals surface area (Å²) >= 11 is 3.27. The molecule has 0 saturated heterocycles. The van der Waals surface area contributed by atoms with Gasteiger partial charge >= 0.3 is 0 Å². The van der Waals surface area contributed by atoms with E-state index in [0.29, 0.717) is 12.2 Å². The van der Waals surface area contributed by atoms with Gasteiger partial charge in [0.15, 0.2) is 0 Å². The SMILES string of the molecule is O=Cc1ccc(OC/C=C/CBr)cc1. The second-order valence-corrected chi connectivity index (χ2v) is 3.27. The summed E-state index contributed by atoms with van der Waals surface area (Å²) in [5.41, 5.74) is 0.661. The predicted octanol–water partition coefficient (Wildman–Crippen LogP) is 2.83. The van der Waals surface area contributed by atoms with Gasteiger partial charge in [-0.05, 0) is 24.3 Å². The molecule has 0 aliphatic rings. The normalized spacial score (nSPS) is 10.4. The van der Waals surface area contributed by atoms with E-state index >= 15 is 0 Å². The van der Waals surface area contributed by atoms with E-state index in [2.05, 4.69) is 15.9 Å². The Kier molecular flexibility index (Phi) is 5.00. The van der Waals surface area contributed by atoms with Crippen molar-refractivity contribution >= 4 is 22.2 Å². The first-order valence-electron chi connectivity index (χ1n) is 4.26. The van der Waals surface area contributed by atoms with Crippen LogP contribution in [0.2, 0.25) is 0 Å². The molecule has 0 bridgehead atoms. The van der Waals surface area contributed by atoms with Crippen LogP contribution in [0.4, 0.5) is 0 Å². The first-order chi connectivity index (χ1) is 6.86. The molecule has 1 aromatic carbocycles. The summed E-state index contributed by atoms with van der Waals surface area (Å²) in [7, 11) is 0. The summed E-state index contributed by atoms with van der Waals surface area (Å²) < 4.78 is 5.38. The predicted molar refractivity (Wildman–Crippen MR) is 60.3 cm³/mol. The molecule has 0 aliphatic heterocycles. The van der Waals surface area contributed by atoms with Gasteiger partial charge in [-0.3, -0.25) is 4.79 Å². The Morgan fingerprint density at radius 2 is 1.93 bits per heavy atom. The number of hydrogen-bond acceptors (Lipinski definition) is 2. The molecule has 0 amide bonds. The highest BCUT2D eigenvalue weighted by molar-refractivity contribution is 9.09. The molecule has 0 atom stereocenters. The fourth-order valence-electron chi connectivity index (χ4n) is 0.918. The molecule has 1 rings (SSSR count). The fourth-order valence-corrected chi connectivity index (χ4v) is 1.18. The van der Waals surface area contributed by atoms with Crippen LogP contribution in [0.15, 0.2) is 36.4 Å². The standard InChI is InChI=1S/C11H11BrO2/c12-7-1-2-8-14-11-5-3-10(9-13)4-6-11/h1-6,9H,7-8H2/b2-1+. The largest absolute Gasteiger partial charge is 0.490 e. The van der Waals surface area contributed by atoms with E-state index in [1.165, 1.54) is 0 Å². The smallest absolute Gasteiger partial charge is 0.150 e. The van der Waals surface area contributed by atoms with Gasteiger partial charge in [0.25, 0.3) is 0 Å². The molecule has 0 heterocycles. The molecule has 3 heteroatoms. The average molecular weight is 255 g/mol. The van der Waals surface area contributed by atoms with E-state index in [0.717, 1.165) is 17.4 Å². The van der Waals surface area contributed by atoms with Gasteiger partial charge < -0.3 is 4.74 Å². The molecule has 14 heavy (non-hydrogen) atoms. The summed E-state index contributed by atoms with van der Waals surface area (Å²) in [6, 6.07) is 7.03. The minimum absolute atomic E-state index is 0.548. The highest BCUT2D eigenvalue weighted by Crippen LogP contribution is 2.10. The van der Waals surface area contributed by atoms with Crippen LogP contribution in [0.25, 0.3) is 0 Å². The van der Waals surface area contributed by atoms with Gasteiger partial charge in [-0.15, -0.1) is 0 Å². The molecule has 0 unspecified atom stereocenters. The number of benzene rings is 1. The van der Waals surface area contributed by atoms with Crippen LogP contribution in [-0.2, 0) is 0 Å². The minimum Gasteiger partial charge on any atom is -0.490 e. The lowest BCUT2D eigenvalue weighted by Gasteiger charge is -2.02. The number of ether oxygens (including phenoxy) is 1. The zero-order valence-corrected chi connectivity index (χ0v) is 9.24. The van der Waals surface area contributed by atoms with Gasteiger partial charge in [-0.1, -0.05) is 28.1 Å². The molecular weight excluding hydrogens is 244 g/mol. The fraction of sp³-hybridized carbons (Fsp3) is 0.182. The molecule has 0 aromatic heterocycles. The van der Waals surface area contributed by atoms with Crippen molar-refractivity contribution < 1.29 is 9.53 Å². The Bertz CT molecular complexity index is 304. The van der Waals surface area contributed by atoms with Crippen molar-refractivity contribution in [2.24, 2.45) is 0 Å². The highest BCUT2D eigenvalue weighted by Gasteiger charge is 1.92.